The van der Waals surface area contributed by atoms with Crippen LogP contribution in [-0.4, -0.2) is 17.0 Å². The van der Waals surface area contributed by atoms with E-state index in [1.165, 1.54) is 11.8 Å². The molecule has 3 rings (SSSR count). The van der Waals surface area contributed by atoms with Gasteiger partial charge < -0.3 is 8.94 Å². The summed E-state index contributed by atoms with van der Waals surface area (Å²) in [5.74, 6) is 1.57. The first-order chi connectivity index (χ1) is 12.9. The maximum absolute atomic E-state index is 12.5. The Morgan fingerprint density at radius 1 is 1.04 bits per heavy atom. The van der Waals surface area contributed by atoms with Crippen molar-refractivity contribution in [3.63, 3.8) is 0 Å². The van der Waals surface area contributed by atoms with E-state index in [1.54, 1.807) is 32.0 Å². The molecule has 0 unspecified atom stereocenters. The average Bonchev–Trinajstić information content (AvgIpc) is 3.22. The van der Waals surface area contributed by atoms with Crippen LogP contribution in [0.15, 0.2) is 50.2 Å². The van der Waals surface area contributed by atoms with E-state index in [1.807, 2.05) is 25.1 Å². The SMILES string of the molecule is Cc1cc(CSc2ccccc2C(=O)NNC(=O)c2cc(C)oc2C)on1. The number of benzene rings is 1. The molecule has 140 valence electrons. The van der Waals surface area contributed by atoms with Crippen LogP contribution in [0.5, 0.6) is 0 Å². The van der Waals surface area contributed by atoms with Crippen molar-refractivity contribution >= 4 is 23.6 Å². The van der Waals surface area contributed by atoms with Gasteiger partial charge in [0.05, 0.1) is 22.6 Å². The summed E-state index contributed by atoms with van der Waals surface area (Å²) >= 11 is 1.46. The Labute approximate surface area is 160 Å². The van der Waals surface area contributed by atoms with Gasteiger partial charge in [-0.15, -0.1) is 11.8 Å². The highest BCUT2D eigenvalue weighted by Crippen LogP contribution is 2.26. The van der Waals surface area contributed by atoms with Crippen LogP contribution in [0.4, 0.5) is 0 Å². The predicted octanol–water partition coefficient (Wildman–Crippen LogP) is 3.56. The number of nitrogens with zero attached hydrogens (tertiary/aromatic N) is 1. The number of hydrogen-bond acceptors (Lipinski definition) is 6. The largest absolute Gasteiger partial charge is 0.466 e. The molecule has 0 aliphatic carbocycles. The van der Waals surface area contributed by atoms with E-state index in [9.17, 15) is 9.59 Å². The lowest BCUT2D eigenvalue weighted by molar-refractivity contribution is 0.0844. The number of rotatable bonds is 5. The van der Waals surface area contributed by atoms with Crippen molar-refractivity contribution in [1.82, 2.24) is 16.0 Å². The molecule has 2 heterocycles. The van der Waals surface area contributed by atoms with Crippen LogP contribution >= 0.6 is 11.8 Å². The predicted molar refractivity (Wildman–Crippen MR) is 100 cm³/mol. The van der Waals surface area contributed by atoms with E-state index < -0.39 is 11.8 Å². The molecular weight excluding hydrogens is 366 g/mol. The third-order valence-corrected chi connectivity index (χ3v) is 4.85. The van der Waals surface area contributed by atoms with Crippen molar-refractivity contribution < 1.29 is 18.5 Å². The minimum absolute atomic E-state index is 0.385. The zero-order chi connectivity index (χ0) is 19.4. The second-order valence-electron chi connectivity index (χ2n) is 5.95. The Kier molecular flexibility index (Phi) is 5.66. The highest BCUT2D eigenvalue weighted by Gasteiger charge is 2.16. The number of thioether (sulfide) groups is 1. The number of nitrogens with one attached hydrogen (secondary N) is 2. The minimum Gasteiger partial charge on any atom is -0.466 e. The van der Waals surface area contributed by atoms with E-state index in [2.05, 4.69) is 16.0 Å². The number of carbonyl (C=O) groups is 2. The lowest BCUT2D eigenvalue weighted by Gasteiger charge is -2.10. The van der Waals surface area contributed by atoms with Crippen molar-refractivity contribution in [3.8, 4) is 0 Å². The topological polar surface area (TPSA) is 97.4 Å². The lowest BCUT2D eigenvalue weighted by atomic mass is 10.2. The molecule has 8 heteroatoms. The average molecular weight is 385 g/mol. The molecule has 2 amide bonds. The maximum atomic E-state index is 12.5. The Hall–Kier alpha value is -3.00. The van der Waals surface area contributed by atoms with Crippen molar-refractivity contribution in [2.45, 2.75) is 31.4 Å². The van der Waals surface area contributed by atoms with Gasteiger partial charge in [-0.25, -0.2) is 0 Å². The fraction of sp³-hybridized carbons (Fsp3) is 0.211. The summed E-state index contributed by atoms with van der Waals surface area (Å²) in [7, 11) is 0. The number of hydrogen-bond donors (Lipinski definition) is 2. The molecule has 0 aliphatic heterocycles. The molecular formula is C19H19N3O4S. The fourth-order valence-electron chi connectivity index (χ4n) is 2.52. The van der Waals surface area contributed by atoms with Gasteiger partial charge in [-0.05, 0) is 39.0 Å². The van der Waals surface area contributed by atoms with Crippen molar-refractivity contribution in [3.05, 3.63) is 70.5 Å². The van der Waals surface area contributed by atoms with Gasteiger partial charge in [0.25, 0.3) is 11.8 Å². The van der Waals surface area contributed by atoms with Gasteiger partial charge in [-0.1, -0.05) is 17.3 Å². The van der Waals surface area contributed by atoms with Gasteiger partial charge in [0, 0.05) is 11.0 Å². The monoisotopic (exact) mass is 385 g/mol. The second kappa shape index (κ2) is 8.13. The Balaban J connectivity index is 1.64. The summed E-state index contributed by atoms with van der Waals surface area (Å²) in [5.41, 5.74) is 6.52. The molecule has 27 heavy (non-hydrogen) atoms. The van der Waals surface area contributed by atoms with E-state index in [-0.39, 0.29) is 0 Å². The van der Waals surface area contributed by atoms with E-state index in [0.29, 0.717) is 28.4 Å². The third kappa shape index (κ3) is 4.59. The zero-order valence-electron chi connectivity index (χ0n) is 15.2. The van der Waals surface area contributed by atoms with Gasteiger partial charge in [0.15, 0.2) is 0 Å². The number of aromatic nitrogens is 1. The van der Waals surface area contributed by atoms with Crippen LogP contribution in [-0.2, 0) is 5.75 Å². The van der Waals surface area contributed by atoms with Crippen LogP contribution in [0.2, 0.25) is 0 Å². The van der Waals surface area contributed by atoms with E-state index in [0.717, 1.165) is 16.3 Å². The van der Waals surface area contributed by atoms with E-state index in [4.69, 9.17) is 8.94 Å². The molecule has 0 atom stereocenters. The molecule has 0 aliphatic rings. The fourth-order valence-corrected chi connectivity index (χ4v) is 3.44. The van der Waals surface area contributed by atoms with Crippen molar-refractivity contribution in [1.29, 1.82) is 0 Å². The summed E-state index contributed by atoms with van der Waals surface area (Å²) in [6.45, 7) is 5.30. The summed E-state index contributed by atoms with van der Waals surface area (Å²) in [6, 6.07) is 10.6. The number of aryl methyl sites for hydroxylation is 3. The highest BCUT2D eigenvalue weighted by molar-refractivity contribution is 7.98. The molecule has 0 bridgehead atoms. The quantitative estimate of drug-likeness (QED) is 0.515. The van der Waals surface area contributed by atoms with Gasteiger partial charge in [-0.2, -0.15) is 0 Å². The molecule has 2 N–H and O–H groups in total. The van der Waals surface area contributed by atoms with Gasteiger partial charge in [0.2, 0.25) is 0 Å². The van der Waals surface area contributed by atoms with Crippen LogP contribution in [0.3, 0.4) is 0 Å². The molecule has 0 spiro atoms. The normalized spacial score (nSPS) is 10.6. The Morgan fingerprint density at radius 3 is 2.37 bits per heavy atom. The zero-order valence-corrected chi connectivity index (χ0v) is 16.0. The number of hydrazine groups is 1. The molecule has 1 aromatic carbocycles. The molecule has 7 nitrogen and oxygen atoms in total. The number of carbonyl (C=O) groups excluding carboxylic acids is 2. The number of amides is 2. The summed E-state index contributed by atoms with van der Waals surface area (Å²) < 4.78 is 10.5. The molecule has 3 aromatic rings. The standard InChI is InChI=1S/C19H19N3O4S/c1-11-8-14(26-22-11)10-27-17-7-5-4-6-15(17)18(23)20-21-19(24)16-9-12(2)25-13(16)3/h4-9H,10H2,1-3H3,(H,20,23)(H,21,24). The minimum atomic E-state index is -0.431. The lowest BCUT2D eigenvalue weighted by Crippen LogP contribution is -2.41. The molecule has 0 saturated heterocycles. The van der Waals surface area contributed by atoms with Gasteiger partial charge in [-0.3, -0.25) is 20.4 Å². The summed E-state index contributed by atoms with van der Waals surface area (Å²) in [6.07, 6.45) is 0. The smallest absolute Gasteiger partial charge is 0.273 e. The molecule has 0 saturated carbocycles. The van der Waals surface area contributed by atoms with Gasteiger partial charge in [0.1, 0.15) is 17.3 Å². The first-order valence-corrected chi connectivity index (χ1v) is 9.24. The second-order valence-corrected chi connectivity index (χ2v) is 6.97. The van der Waals surface area contributed by atoms with Crippen molar-refractivity contribution in [2.24, 2.45) is 0 Å². The maximum Gasteiger partial charge on any atom is 0.273 e. The molecule has 0 radical (unpaired) electrons. The van der Waals surface area contributed by atoms with E-state index >= 15 is 0 Å². The summed E-state index contributed by atoms with van der Waals surface area (Å²) in [5, 5.41) is 3.85. The van der Waals surface area contributed by atoms with Crippen LogP contribution < -0.4 is 10.9 Å². The van der Waals surface area contributed by atoms with Crippen LogP contribution in [0.1, 0.15) is 43.7 Å². The van der Waals surface area contributed by atoms with Crippen LogP contribution in [0, 0.1) is 20.8 Å². The third-order valence-electron chi connectivity index (χ3n) is 3.75. The Bertz CT molecular complexity index is 977. The highest BCUT2D eigenvalue weighted by atomic mass is 32.2. The van der Waals surface area contributed by atoms with Gasteiger partial charge >= 0.3 is 0 Å². The first-order valence-electron chi connectivity index (χ1n) is 8.26. The number of furan rings is 1. The molecule has 0 fully saturated rings. The van der Waals surface area contributed by atoms with Crippen molar-refractivity contribution in [2.75, 3.05) is 0 Å². The molecule has 2 aromatic heterocycles. The van der Waals surface area contributed by atoms with Crippen LogP contribution in [0.25, 0.3) is 0 Å². The first kappa shape index (κ1) is 18.8. The Morgan fingerprint density at radius 2 is 1.74 bits per heavy atom. The summed E-state index contributed by atoms with van der Waals surface area (Å²) in [4.78, 5) is 25.5.